The maximum Gasteiger partial charge on any atom is 0.213 e. The van der Waals surface area contributed by atoms with Gasteiger partial charge in [0, 0.05) is 27.6 Å². The molecule has 0 N–H and O–H groups in total. The Hall–Kier alpha value is -2.99. The summed E-state index contributed by atoms with van der Waals surface area (Å²) in [5.74, 6) is 2.30. The molecular weight excluding hydrogens is 456 g/mol. The van der Waals surface area contributed by atoms with Gasteiger partial charge in [0.15, 0.2) is 11.5 Å². The molecule has 0 unspecified atom stereocenters. The maximum absolute atomic E-state index is 6.45. The van der Waals surface area contributed by atoms with Crippen molar-refractivity contribution in [3.8, 4) is 17.2 Å². The highest BCUT2D eigenvalue weighted by Crippen LogP contribution is 2.48. The fraction of sp³-hybridized carbons (Fsp3) is 0.240. The first-order chi connectivity index (χ1) is 15.1. The smallest absolute Gasteiger partial charge is 0.213 e. The molecule has 0 fully saturated rings. The fourth-order valence-electron chi connectivity index (χ4n) is 4.20. The molecule has 0 saturated heterocycles. The number of hydrogen-bond acceptors (Lipinski definition) is 5. The van der Waals surface area contributed by atoms with Crippen LogP contribution in [0.25, 0.3) is 0 Å². The number of ether oxygens (including phenoxy) is 3. The van der Waals surface area contributed by atoms with Crippen LogP contribution >= 0.6 is 15.9 Å². The van der Waals surface area contributed by atoms with Crippen LogP contribution in [0.4, 0.5) is 0 Å². The number of rotatable bonds is 4. The van der Waals surface area contributed by atoms with E-state index in [0.717, 1.165) is 39.0 Å². The fourth-order valence-corrected chi connectivity index (χ4v) is 4.58. The predicted molar refractivity (Wildman–Crippen MR) is 124 cm³/mol. The summed E-state index contributed by atoms with van der Waals surface area (Å²) in [6.45, 7) is 2.09. The molecule has 0 bridgehead atoms. The number of methoxy groups -OCH3 is 2. The number of halogens is 1. The van der Waals surface area contributed by atoms with Gasteiger partial charge < -0.3 is 14.2 Å². The second kappa shape index (κ2) is 7.93. The molecule has 0 aromatic heterocycles. The Kier molecular flexibility index (Phi) is 5.10. The zero-order valence-corrected chi connectivity index (χ0v) is 19.2. The lowest BCUT2D eigenvalue weighted by atomic mass is 9.95. The summed E-state index contributed by atoms with van der Waals surface area (Å²) in [6.07, 6.45) is 0.502. The zero-order chi connectivity index (χ0) is 21.5. The predicted octanol–water partition coefficient (Wildman–Crippen LogP) is 6.02. The molecule has 0 amide bonds. The van der Waals surface area contributed by atoms with Crippen molar-refractivity contribution in [1.29, 1.82) is 0 Å². The van der Waals surface area contributed by atoms with Gasteiger partial charge in [-0.2, -0.15) is 5.10 Å². The Balaban J connectivity index is 1.58. The normalized spacial score (nSPS) is 19.2. The lowest BCUT2D eigenvalue weighted by molar-refractivity contribution is -0.0190. The average molecular weight is 479 g/mol. The first-order valence-electron chi connectivity index (χ1n) is 10.2. The second-order valence-corrected chi connectivity index (χ2v) is 8.70. The Morgan fingerprint density at radius 3 is 2.48 bits per heavy atom. The largest absolute Gasteiger partial charge is 0.493 e. The van der Waals surface area contributed by atoms with E-state index in [0.29, 0.717) is 11.5 Å². The van der Waals surface area contributed by atoms with E-state index in [4.69, 9.17) is 19.3 Å². The number of nitrogens with zero attached hydrogens (tertiary/aromatic N) is 2. The monoisotopic (exact) mass is 478 g/mol. The van der Waals surface area contributed by atoms with Gasteiger partial charge in [-0.3, -0.25) is 0 Å². The van der Waals surface area contributed by atoms with Crippen molar-refractivity contribution in [1.82, 2.24) is 5.01 Å². The van der Waals surface area contributed by atoms with E-state index >= 15 is 0 Å². The third kappa shape index (κ3) is 3.55. The molecular formula is C25H23BrN2O3. The molecule has 3 aromatic rings. The minimum absolute atomic E-state index is 0.0932. The van der Waals surface area contributed by atoms with Crippen LogP contribution in [0.5, 0.6) is 17.2 Å². The van der Waals surface area contributed by atoms with E-state index in [1.165, 1.54) is 5.56 Å². The van der Waals surface area contributed by atoms with Gasteiger partial charge in [-0.1, -0.05) is 45.8 Å². The van der Waals surface area contributed by atoms with Crippen molar-refractivity contribution in [3.05, 3.63) is 87.4 Å². The molecule has 3 aromatic carbocycles. The molecule has 2 aliphatic rings. The van der Waals surface area contributed by atoms with E-state index in [1.807, 2.05) is 30.3 Å². The van der Waals surface area contributed by atoms with Crippen LogP contribution in [0.15, 0.2) is 70.2 Å². The molecule has 0 saturated carbocycles. The first-order valence-corrected chi connectivity index (χ1v) is 11.0. The van der Waals surface area contributed by atoms with Crippen LogP contribution < -0.4 is 14.2 Å². The lowest BCUT2D eigenvalue weighted by Gasteiger charge is -2.38. The third-order valence-corrected chi connectivity index (χ3v) is 6.32. The highest BCUT2D eigenvalue weighted by molar-refractivity contribution is 9.10. The summed E-state index contributed by atoms with van der Waals surface area (Å²) >= 11 is 3.61. The molecule has 5 nitrogen and oxygen atoms in total. The minimum atomic E-state index is -0.281. The van der Waals surface area contributed by atoms with Gasteiger partial charge in [0.2, 0.25) is 6.23 Å². The molecule has 0 spiro atoms. The summed E-state index contributed by atoms with van der Waals surface area (Å²) in [7, 11) is 3.29. The Morgan fingerprint density at radius 2 is 1.74 bits per heavy atom. The average Bonchev–Trinajstić information content (AvgIpc) is 3.24. The summed E-state index contributed by atoms with van der Waals surface area (Å²) < 4.78 is 18.4. The number of benzene rings is 3. The van der Waals surface area contributed by atoms with Gasteiger partial charge in [0.05, 0.1) is 26.0 Å². The standard InChI is InChI=1S/C25H23BrN2O3/c1-15-4-6-16(7-5-15)25-28-21(19-13-18(26)9-11-22(19)31-25)14-20(27-28)17-8-10-23(29-2)24(12-17)30-3/h4-13,21,25H,14H2,1-3H3/t21-,25-/m1/s1. The summed E-state index contributed by atoms with van der Waals surface area (Å²) in [5.41, 5.74) is 5.46. The van der Waals surface area contributed by atoms with Crippen molar-refractivity contribution in [2.75, 3.05) is 14.2 Å². The van der Waals surface area contributed by atoms with Crippen molar-refractivity contribution >= 4 is 21.6 Å². The van der Waals surface area contributed by atoms with E-state index in [2.05, 4.69) is 58.2 Å². The Labute approximate surface area is 190 Å². The van der Waals surface area contributed by atoms with Crippen molar-refractivity contribution in [2.45, 2.75) is 25.6 Å². The molecule has 2 heterocycles. The van der Waals surface area contributed by atoms with Crippen LogP contribution in [0, 0.1) is 6.92 Å². The van der Waals surface area contributed by atoms with Crippen molar-refractivity contribution in [3.63, 3.8) is 0 Å². The SMILES string of the molecule is COc1ccc(C2=NN3[C@H](C2)c2cc(Br)ccc2O[C@@H]3c2ccc(C)cc2)cc1OC. The van der Waals surface area contributed by atoms with Gasteiger partial charge in [0.25, 0.3) is 0 Å². The first kappa shape index (κ1) is 19.9. The van der Waals surface area contributed by atoms with Crippen LogP contribution in [0.3, 0.4) is 0 Å². The van der Waals surface area contributed by atoms with E-state index in [1.54, 1.807) is 14.2 Å². The van der Waals surface area contributed by atoms with Gasteiger partial charge in [0.1, 0.15) is 5.75 Å². The van der Waals surface area contributed by atoms with Gasteiger partial charge in [-0.05, 0) is 43.3 Å². The Morgan fingerprint density at radius 1 is 0.968 bits per heavy atom. The van der Waals surface area contributed by atoms with E-state index in [-0.39, 0.29) is 12.3 Å². The van der Waals surface area contributed by atoms with E-state index in [9.17, 15) is 0 Å². The molecule has 2 atom stereocenters. The van der Waals surface area contributed by atoms with Crippen molar-refractivity contribution < 1.29 is 14.2 Å². The molecule has 31 heavy (non-hydrogen) atoms. The minimum Gasteiger partial charge on any atom is -0.493 e. The highest BCUT2D eigenvalue weighted by atomic mass is 79.9. The zero-order valence-electron chi connectivity index (χ0n) is 17.6. The van der Waals surface area contributed by atoms with Gasteiger partial charge in [-0.15, -0.1) is 0 Å². The topological polar surface area (TPSA) is 43.3 Å². The van der Waals surface area contributed by atoms with Crippen LogP contribution in [-0.4, -0.2) is 24.9 Å². The number of hydrazone groups is 1. The molecule has 158 valence electrons. The summed E-state index contributed by atoms with van der Waals surface area (Å²) in [4.78, 5) is 0. The van der Waals surface area contributed by atoms with Crippen molar-refractivity contribution in [2.24, 2.45) is 5.10 Å². The highest BCUT2D eigenvalue weighted by Gasteiger charge is 2.41. The number of hydrogen-bond donors (Lipinski definition) is 0. The van der Waals surface area contributed by atoms with Crippen LogP contribution in [0.2, 0.25) is 0 Å². The third-order valence-electron chi connectivity index (χ3n) is 5.83. The number of fused-ring (bicyclic) bond motifs is 3. The lowest BCUT2D eigenvalue weighted by Crippen LogP contribution is -2.33. The summed E-state index contributed by atoms with van der Waals surface area (Å²) in [6, 6.07) is 20.7. The number of aryl methyl sites for hydroxylation is 1. The van der Waals surface area contributed by atoms with E-state index < -0.39 is 0 Å². The van der Waals surface area contributed by atoms with Gasteiger partial charge in [-0.25, -0.2) is 5.01 Å². The second-order valence-electron chi connectivity index (χ2n) is 7.78. The molecule has 0 radical (unpaired) electrons. The molecule has 0 aliphatic carbocycles. The summed E-state index contributed by atoms with van der Waals surface area (Å²) in [5, 5.41) is 7.12. The quantitative estimate of drug-likeness (QED) is 0.459. The molecule has 5 rings (SSSR count). The molecule has 2 aliphatic heterocycles. The molecule has 6 heteroatoms. The maximum atomic E-state index is 6.45. The Bertz CT molecular complexity index is 1160. The van der Waals surface area contributed by atoms with Gasteiger partial charge >= 0.3 is 0 Å². The van der Waals surface area contributed by atoms with Crippen LogP contribution in [-0.2, 0) is 0 Å². The van der Waals surface area contributed by atoms with Crippen LogP contribution in [0.1, 0.15) is 40.9 Å².